The van der Waals surface area contributed by atoms with E-state index in [0.29, 0.717) is 6.54 Å². The average Bonchev–Trinajstić information content (AvgIpc) is 2.46. The molecule has 1 fully saturated rings. The quantitative estimate of drug-likeness (QED) is 0.890. The Balaban J connectivity index is 2.00. The van der Waals surface area contributed by atoms with Crippen molar-refractivity contribution in [3.63, 3.8) is 0 Å². The summed E-state index contributed by atoms with van der Waals surface area (Å²) < 4.78 is 13.7. The van der Waals surface area contributed by atoms with Gasteiger partial charge in [0.2, 0.25) is 0 Å². The van der Waals surface area contributed by atoms with E-state index in [1.165, 1.54) is 18.6 Å². The number of aryl methyl sites for hydroxylation is 1. The molecule has 0 spiro atoms. The molecule has 1 aliphatic rings. The Kier molecular flexibility index (Phi) is 4.76. The van der Waals surface area contributed by atoms with E-state index in [-0.39, 0.29) is 17.6 Å². The minimum absolute atomic E-state index is 0.0690. The maximum atomic E-state index is 13.7. The van der Waals surface area contributed by atoms with Gasteiger partial charge in [0.1, 0.15) is 5.82 Å². The van der Waals surface area contributed by atoms with Crippen molar-refractivity contribution >= 4 is 5.91 Å². The predicted molar refractivity (Wildman–Crippen MR) is 76.1 cm³/mol. The summed E-state index contributed by atoms with van der Waals surface area (Å²) in [5.41, 5.74) is 0.632. The van der Waals surface area contributed by atoms with Gasteiger partial charge < -0.3 is 10.4 Å². The lowest BCUT2D eigenvalue weighted by Crippen LogP contribution is -2.41. The van der Waals surface area contributed by atoms with E-state index < -0.39 is 11.7 Å². The number of nitrogens with one attached hydrogen (secondary N) is 1. The fourth-order valence-corrected chi connectivity index (χ4v) is 2.86. The molecular formula is C16H22FNO2. The number of benzene rings is 1. The summed E-state index contributed by atoms with van der Waals surface area (Å²) in [7, 11) is 0. The SMILES string of the molecule is Cc1ccc(C(=O)NCC2(CO)CCCCC2)c(F)c1. The second kappa shape index (κ2) is 6.35. The average molecular weight is 279 g/mol. The molecule has 1 aromatic carbocycles. The Morgan fingerprint density at radius 3 is 2.65 bits per heavy atom. The Bertz CT molecular complexity index is 481. The molecule has 1 aliphatic carbocycles. The van der Waals surface area contributed by atoms with E-state index >= 15 is 0 Å². The molecule has 110 valence electrons. The van der Waals surface area contributed by atoms with Crippen molar-refractivity contribution in [3.05, 3.63) is 35.1 Å². The first-order valence-corrected chi connectivity index (χ1v) is 7.22. The molecule has 0 aromatic heterocycles. The number of hydrogen-bond acceptors (Lipinski definition) is 2. The number of aliphatic hydroxyl groups excluding tert-OH is 1. The zero-order valence-electron chi connectivity index (χ0n) is 11.9. The molecule has 1 amide bonds. The molecular weight excluding hydrogens is 257 g/mol. The summed E-state index contributed by atoms with van der Waals surface area (Å²) in [5, 5.41) is 12.4. The number of amides is 1. The number of aliphatic hydroxyl groups is 1. The van der Waals surface area contributed by atoms with Gasteiger partial charge in [0.05, 0.1) is 12.2 Å². The van der Waals surface area contributed by atoms with Crippen LogP contribution in [0.5, 0.6) is 0 Å². The van der Waals surface area contributed by atoms with Crippen LogP contribution in [0.2, 0.25) is 0 Å². The molecule has 0 saturated heterocycles. The third-order valence-electron chi connectivity index (χ3n) is 4.24. The molecule has 2 N–H and O–H groups in total. The molecule has 1 aromatic rings. The monoisotopic (exact) mass is 279 g/mol. The molecule has 2 rings (SSSR count). The summed E-state index contributed by atoms with van der Waals surface area (Å²) in [6, 6.07) is 4.59. The highest BCUT2D eigenvalue weighted by Crippen LogP contribution is 2.35. The van der Waals surface area contributed by atoms with Gasteiger partial charge in [-0.15, -0.1) is 0 Å². The molecule has 0 radical (unpaired) electrons. The number of rotatable bonds is 4. The number of halogens is 1. The Morgan fingerprint density at radius 1 is 1.35 bits per heavy atom. The lowest BCUT2D eigenvalue weighted by Gasteiger charge is -2.35. The van der Waals surface area contributed by atoms with Gasteiger partial charge in [-0.05, 0) is 37.5 Å². The topological polar surface area (TPSA) is 49.3 Å². The van der Waals surface area contributed by atoms with Crippen molar-refractivity contribution in [1.29, 1.82) is 0 Å². The second-order valence-corrected chi connectivity index (χ2v) is 5.88. The van der Waals surface area contributed by atoms with Crippen molar-refractivity contribution in [2.75, 3.05) is 13.2 Å². The maximum absolute atomic E-state index is 13.7. The van der Waals surface area contributed by atoms with Crippen LogP contribution in [0, 0.1) is 18.2 Å². The number of carbonyl (C=O) groups is 1. The van der Waals surface area contributed by atoms with Crippen molar-refractivity contribution < 1.29 is 14.3 Å². The molecule has 0 atom stereocenters. The van der Waals surface area contributed by atoms with Gasteiger partial charge in [-0.3, -0.25) is 4.79 Å². The first kappa shape index (κ1) is 15.0. The molecule has 3 nitrogen and oxygen atoms in total. The van der Waals surface area contributed by atoms with E-state index in [1.54, 1.807) is 13.0 Å². The van der Waals surface area contributed by atoms with E-state index in [4.69, 9.17) is 0 Å². The van der Waals surface area contributed by atoms with E-state index in [1.807, 2.05) is 0 Å². The molecule has 0 aliphatic heterocycles. The van der Waals surface area contributed by atoms with Crippen molar-refractivity contribution in [3.8, 4) is 0 Å². The first-order chi connectivity index (χ1) is 9.56. The number of carbonyl (C=O) groups excluding carboxylic acids is 1. The van der Waals surface area contributed by atoms with Crippen LogP contribution in [0.3, 0.4) is 0 Å². The Morgan fingerprint density at radius 2 is 2.05 bits per heavy atom. The molecule has 0 heterocycles. The van der Waals surface area contributed by atoms with Crippen LogP contribution in [-0.4, -0.2) is 24.2 Å². The Hall–Kier alpha value is -1.42. The van der Waals surface area contributed by atoms with Crippen molar-refractivity contribution in [1.82, 2.24) is 5.32 Å². The summed E-state index contributed by atoms with van der Waals surface area (Å²) in [4.78, 5) is 12.0. The lowest BCUT2D eigenvalue weighted by atomic mass is 9.74. The predicted octanol–water partition coefficient (Wildman–Crippen LogP) is 2.81. The highest BCUT2D eigenvalue weighted by atomic mass is 19.1. The third kappa shape index (κ3) is 3.37. The van der Waals surface area contributed by atoms with Crippen molar-refractivity contribution in [2.45, 2.75) is 39.0 Å². The van der Waals surface area contributed by atoms with Gasteiger partial charge in [0, 0.05) is 12.0 Å². The lowest BCUT2D eigenvalue weighted by molar-refractivity contribution is 0.0716. The van der Waals surface area contributed by atoms with Crippen LogP contribution >= 0.6 is 0 Å². The van der Waals surface area contributed by atoms with Gasteiger partial charge >= 0.3 is 0 Å². The van der Waals surface area contributed by atoms with E-state index in [2.05, 4.69) is 5.32 Å². The second-order valence-electron chi connectivity index (χ2n) is 5.88. The van der Waals surface area contributed by atoms with Crippen LogP contribution in [0.15, 0.2) is 18.2 Å². The largest absolute Gasteiger partial charge is 0.396 e. The minimum Gasteiger partial charge on any atom is -0.396 e. The van der Waals surface area contributed by atoms with Gasteiger partial charge in [-0.2, -0.15) is 0 Å². The summed E-state index contributed by atoms with van der Waals surface area (Å²) in [6.45, 7) is 2.27. The van der Waals surface area contributed by atoms with E-state index in [0.717, 1.165) is 31.2 Å². The molecule has 1 saturated carbocycles. The van der Waals surface area contributed by atoms with Crippen LogP contribution in [-0.2, 0) is 0 Å². The standard InChI is InChI=1S/C16H22FNO2/c1-12-5-6-13(14(17)9-12)15(20)18-10-16(11-19)7-3-2-4-8-16/h5-6,9,19H,2-4,7-8,10-11H2,1H3,(H,18,20). The molecule has 0 bridgehead atoms. The number of hydrogen-bond donors (Lipinski definition) is 2. The molecule has 20 heavy (non-hydrogen) atoms. The summed E-state index contributed by atoms with van der Waals surface area (Å²) in [5.74, 6) is -0.898. The zero-order chi connectivity index (χ0) is 14.6. The maximum Gasteiger partial charge on any atom is 0.254 e. The van der Waals surface area contributed by atoms with Gasteiger partial charge in [0.25, 0.3) is 5.91 Å². The summed E-state index contributed by atoms with van der Waals surface area (Å²) in [6.07, 6.45) is 5.17. The van der Waals surface area contributed by atoms with Gasteiger partial charge in [-0.1, -0.05) is 25.3 Å². The highest BCUT2D eigenvalue weighted by Gasteiger charge is 2.31. The zero-order valence-corrected chi connectivity index (χ0v) is 11.9. The van der Waals surface area contributed by atoms with E-state index in [9.17, 15) is 14.3 Å². The Labute approximate surface area is 119 Å². The fraction of sp³-hybridized carbons (Fsp3) is 0.562. The van der Waals surface area contributed by atoms with Crippen LogP contribution in [0.25, 0.3) is 0 Å². The van der Waals surface area contributed by atoms with Crippen molar-refractivity contribution in [2.24, 2.45) is 5.41 Å². The van der Waals surface area contributed by atoms with Crippen LogP contribution in [0.1, 0.15) is 48.0 Å². The third-order valence-corrected chi connectivity index (χ3v) is 4.24. The molecule has 4 heteroatoms. The minimum atomic E-state index is -0.496. The normalized spacial score (nSPS) is 17.8. The summed E-state index contributed by atoms with van der Waals surface area (Å²) >= 11 is 0. The molecule has 0 unspecified atom stereocenters. The highest BCUT2D eigenvalue weighted by molar-refractivity contribution is 5.94. The smallest absolute Gasteiger partial charge is 0.254 e. The first-order valence-electron chi connectivity index (χ1n) is 7.22. The van der Waals surface area contributed by atoms with Crippen LogP contribution < -0.4 is 5.32 Å². The van der Waals surface area contributed by atoms with Gasteiger partial charge in [0.15, 0.2) is 0 Å². The fourth-order valence-electron chi connectivity index (χ4n) is 2.86. The van der Waals surface area contributed by atoms with Crippen LogP contribution in [0.4, 0.5) is 4.39 Å². The van der Waals surface area contributed by atoms with Gasteiger partial charge in [-0.25, -0.2) is 4.39 Å².